The Labute approximate surface area is 146 Å². The predicted molar refractivity (Wildman–Crippen MR) is 96.1 cm³/mol. The summed E-state index contributed by atoms with van der Waals surface area (Å²) in [4.78, 5) is 4.83. The zero-order valence-electron chi connectivity index (χ0n) is 14.4. The molecule has 0 unspecified atom stereocenters. The van der Waals surface area contributed by atoms with Crippen molar-refractivity contribution in [1.29, 1.82) is 0 Å². The highest BCUT2D eigenvalue weighted by molar-refractivity contribution is 5.45. The molecule has 0 N–H and O–H groups in total. The van der Waals surface area contributed by atoms with E-state index in [0.717, 1.165) is 56.4 Å². The number of anilines is 1. The van der Waals surface area contributed by atoms with E-state index in [1.807, 2.05) is 24.3 Å². The smallest absolute Gasteiger partial charge is 0.177 e. The average Bonchev–Trinajstić information content (AvgIpc) is 3.15. The fourth-order valence-corrected chi connectivity index (χ4v) is 3.17. The van der Waals surface area contributed by atoms with Crippen molar-refractivity contribution in [2.45, 2.75) is 6.42 Å². The molecule has 1 saturated heterocycles. The van der Waals surface area contributed by atoms with Crippen LogP contribution in [0.5, 0.6) is 5.75 Å². The molecule has 0 amide bonds. The lowest BCUT2D eigenvalue weighted by Crippen LogP contribution is -2.47. The van der Waals surface area contributed by atoms with E-state index in [1.165, 1.54) is 5.56 Å². The molecule has 7 heteroatoms. The third-order valence-corrected chi connectivity index (χ3v) is 4.72. The third-order valence-electron chi connectivity index (χ3n) is 4.72. The fourth-order valence-electron chi connectivity index (χ4n) is 3.17. The first-order valence-electron chi connectivity index (χ1n) is 8.59. The van der Waals surface area contributed by atoms with Crippen molar-refractivity contribution < 1.29 is 4.74 Å². The van der Waals surface area contributed by atoms with E-state index in [-0.39, 0.29) is 0 Å². The minimum absolute atomic E-state index is 0.780. The van der Waals surface area contributed by atoms with Gasteiger partial charge in [-0.1, -0.05) is 12.1 Å². The van der Waals surface area contributed by atoms with Crippen LogP contribution in [-0.4, -0.2) is 64.5 Å². The van der Waals surface area contributed by atoms with Crippen LogP contribution in [0.3, 0.4) is 0 Å². The van der Waals surface area contributed by atoms with Crippen molar-refractivity contribution in [2.24, 2.45) is 0 Å². The number of aromatic nitrogens is 4. The second-order valence-corrected chi connectivity index (χ2v) is 6.25. The van der Waals surface area contributed by atoms with E-state index in [9.17, 15) is 0 Å². The van der Waals surface area contributed by atoms with E-state index < -0.39 is 0 Å². The summed E-state index contributed by atoms with van der Waals surface area (Å²) >= 11 is 0. The van der Waals surface area contributed by atoms with Gasteiger partial charge in [0.2, 0.25) is 0 Å². The Hall–Kier alpha value is -2.67. The summed E-state index contributed by atoms with van der Waals surface area (Å²) in [5.41, 5.74) is 2.13. The Morgan fingerprint density at radius 1 is 1.00 bits per heavy atom. The zero-order chi connectivity index (χ0) is 17.1. The molecule has 0 radical (unpaired) electrons. The van der Waals surface area contributed by atoms with Gasteiger partial charge in [0.05, 0.1) is 7.11 Å². The fraction of sp³-hybridized carbons (Fsp3) is 0.389. The van der Waals surface area contributed by atoms with Gasteiger partial charge in [-0.25, -0.2) is 0 Å². The lowest BCUT2D eigenvalue weighted by Gasteiger charge is -2.35. The molecule has 1 aliphatic rings. The molecule has 0 bridgehead atoms. The molecule has 1 aromatic carbocycles. The van der Waals surface area contributed by atoms with Crippen LogP contribution in [0.2, 0.25) is 0 Å². The van der Waals surface area contributed by atoms with Crippen molar-refractivity contribution in [3.8, 4) is 5.75 Å². The van der Waals surface area contributed by atoms with Gasteiger partial charge in [-0.2, -0.15) is 4.52 Å². The van der Waals surface area contributed by atoms with Crippen LogP contribution in [0.15, 0.2) is 42.7 Å². The summed E-state index contributed by atoms with van der Waals surface area (Å²) in [5, 5.41) is 12.5. The third kappa shape index (κ3) is 3.56. The van der Waals surface area contributed by atoms with Gasteiger partial charge in [0.25, 0.3) is 0 Å². The molecule has 0 atom stereocenters. The first-order chi connectivity index (χ1) is 12.3. The van der Waals surface area contributed by atoms with Crippen LogP contribution >= 0.6 is 0 Å². The summed E-state index contributed by atoms with van der Waals surface area (Å²) in [7, 11) is 1.70. The summed E-state index contributed by atoms with van der Waals surface area (Å²) in [6, 6.07) is 12.3. The molecule has 25 heavy (non-hydrogen) atoms. The Balaban J connectivity index is 1.30. The van der Waals surface area contributed by atoms with Crippen LogP contribution in [0.4, 0.5) is 5.82 Å². The molecule has 0 aliphatic carbocycles. The molecule has 0 spiro atoms. The number of hydrogen-bond acceptors (Lipinski definition) is 6. The Morgan fingerprint density at radius 2 is 1.80 bits per heavy atom. The molecule has 1 aliphatic heterocycles. The number of fused-ring (bicyclic) bond motifs is 1. The number of ether oxygens (including phenoxy) is 1. The highest BCUT2D eigenvalue weighted by atomic mass is 16.5. The van der Waals surface area contributed by atoms with Crippen molar-refractivity contribution in [3.05, 3.63) is 48.3 Å². The Kier molecular flexibility index (Phi) is 4.47. The number of piperazine rings is 1. The highest BCUT2D eigenvalue weighted by Crippen LogP contribution is 2.15. The minimum Gasteiger partial charge on any atom is -0.497 e. The maximum Gasteiger partial charge on any atom is 0.177 e. The molecule has 1 fully saturated rings. The normalized spacial score (nSPS) is 15.6. The van der Waals surface area contributed by atoms with E-state index in [1.54, 1.807) is 18.0 Å². The second-order valence-electron chi connectivity index (χ2n) is 6.25. The van der Waals surface area contributed by atoms with Crippen LogP contribution in [0, 0.1) is 0 Å². The average molecular weight is 338 g/mol. The van der Waals surface area contributed by atoms with E-state index >= 15 is 0 Å². The molecule has 3 aromatic rings. The monoisotopic (exact) mass is 338 g/mol. The predicted octanol–water partition coefficient (Wildman–Crippen LogP) is 1.50. The summed E-state index contributed by atoms with van der Waals surface area (Å²) in [6.45, 7) is 5.17. The molecule has 0 saturated carbocycles. The first-order valence-corrected chi connectivity index (χ1v) is 8.59. The van der Waals surface area contributed by atoms with Gasteiger partial charge in [-0.15, -0.1) is 15.3 Å². The SMILES string of the molecule is COc1ccc(CCN2CCN(c3ccc4nncn4n3)CC2)cc1. The summed E-state index contributed by atoms with van der Waals surface area (Å²) < 4.78 is 6.94. The van der Waals surface area contributed by atoms with Crippen LogP contribution in [0.1, 0.15) is 5.56 Å². The number of methoxy groups -OCH3 is 1. The number of hydrogen-bond donors (Lipinski definition) is 0. The Bertz CT molecular complexity index is 823. The zero-order valence-corrected chi connectivity index (χ0v) is 14.4. The van der Waals surface area contributed by atoms with Gasteiger partial charge in [0.1, 0.15) is 17.9 Å². The standard InChI is InChI=1S/C18H22N6O/c1-25-16-4-2-15(3-5-16)8-9-22-10-12-23(13-11-22)18-7-6-17-20-19-14-24(17)21-18/h2-7,14H,8-13H2,1H3. The summed E-state index contributed by atoms with van der Waals surface area (Å²) in [6.07, 6.45) is 2.71. The van der Waals surface area contributed by atoms with E-state index in [0.29, 0.717) is 0 Å². The minimum atomic E-state index is 0.780. The van der Waals surface area contributed by atoms with E-state index in [2.05, 4.69) is 37.2 Å². The number of nitrogens with zero attached hydrogens (tertiary/aromatic N) is 6. The maximum atomic E-state index is 5.21. The lowest BCUT2D eigenvalue weighted by molar-refractivity contribution is 0.260. The van der Waals surface area contributed by atoms with Gasteiger partial charge in [0.15, 0.2) is 5.65 Å². The molecular formula is C18H22N6O. The number of benzene rings is 1. The van der Waals surface area contributed by atoms with Gasteiger partial charge >= 0.3 is 0 Å². The van der Waals surface area contributed by atoms with Crippen LogP contribution < -0.4 is 9.64 Å². The molecule has 130 valence electrons. The summed E-state index contributed by atoms with van der Waals surface area (Å²) in [5.74, 6) is 1.90. The van der Waals surface area contributed by atoms with Crippen molar-refractivity contribution in [1.82, 2.24) is 24.7 Å². The second kappa shape index (κ2) is 7.06. The van der Waals surface area contributed by atoms with Crippen molar-refractivity contribution in [3.63, 3.8) is 0 Å². The van der Waals surface area contributed by atoms with E-state index in [4.69, 9.17) is 4.74 Å². The largest absolute Gasteiger partial charge is 0.497 e. The maximum absolute atomic E-state index is 5.21. The Morgan fingerprint density at radius 3 is 2.56 bits per heavy atom. The van der Waals surface area contributed by atoms with Gasteiger partial charge < -0.3 is 9.64 Å². The lowest BCUT2D eigenvalue weighted by atomic mass is 10.1. The molecule has 2 aromatic heterocycles. The van der Waals surface area contributed by atoms with Gasteiger partial charge in [-0.05, 0) is 36.2 Å². The van der Waals surface area contributed by atoms with Gasteiger partial charge in [-0.3, -0.25) is 4.90 Å². The number of rotatable bonds is 5. The quantitative estimate of drug-likeness (QED) is 0.703. The molecule has 3 heterocycles. The van der Waals surface area contributed by atoms with Crippen molar-refractivity contribution >= 4 is 11.5 Å². The topological polar surface area (TPSA) is 58.8 Å². The molecule has 4 rings (SSSR count). The van der Waals surface area contributed by atoms with Crippen LogP contribution in [0.25, 0.3) is 5.65 Å². The van der Waals surface area contributed by atoms with Crippen molar-refractivity contribution in [2.75, 3.05) is 44.7 Å². The first kappa shape index (κ1) is 15.8. The van der Waals surface area contributed by atoms with Crippen LogP contribution in [-0.2, 0) is 6.42 Å². The molecule has 7 nitrogen and oxygen atoms in total. The van der Waals surface area contributed by atoms with Gasteiger partial charge in [0, 0.05) is 32.7 Å². The highest BCUT2D eigenvalue weighted by Gasteiger charge is 2.18. The molecular weight excluding hydrogens is 316 g/mol.